The largest absolute Gasteiger partial charge is 0.493 e. The van der Waals surface area contributed by atoms with Gasteiger partial charge in [0, 0.05) is 45.5 Å². The minimum atomic E-state index is 0.0333. The zero-order valence-corrected chi connectivity index (χ0v) is 17.1. The number of ether oxygens (including phenoxy) is 3. The van der Waals surface area contributed by atoms with Gasteiger partial charge in [0.05, 0.1) is 19.3 Å². The average molecular weight is 366 g/mol. The summed E-state index contributed by atoms with van der Waals surface area (Å²) in [5.41, 5.74) is 0.963. The number of nitrogens with one attached hydrogen (secondary N) is 2. The van der Waals surface area contributed by atoms with Gasteiger partial charge in [0.2, 0.25) is 0 Å². The Morgan fingerprint density at radius 2 is 1.96 bits per heavy atom. The Hall–Kier alpha value is -1.79. The quantitative estimate of drug-likeness (QED) is 0.377. The van der Waals surface area contributed by atoms with Crippen LogP contribution in [0.25, 0.3) is 0 Å². The van der Waals surface area contributed by atoms with Crippen LogP contribution in [-0.2, 0) is 9.47 Å². The van der Waals surface area contributed by atoms with Crippen LogP contribution in [0.15, 0.2) is 29.3 Å². The standard InChI is InChI=1S/C20H35N3O3/c1-7-21-19(22-15-18(25-6)20(2,3)4)23-16-10-8-11-17(14-16)26-13-9-12-24-5/h8,10-11,14,18H,7,9,12-13,15H2,1-6H3,(H2,21,22,23). The Balaban J connectivity index is 2.72. The first-order chi connectivity index (χ1) is 12.4. The Kier molecular flexibility index (Phi) is 10.1. The van der Waals surface area contributed by atoms with Crippen molar-refractivity contribution in [3.63, 3.8) is 0 Å². The van der Waals surface area contributed by atoms with Gasteiger partial charge in [0.1, 0.15) is 5.75 Å². The molecule has 1 unspecified atom stereocenters. The van der Waals surface area contributed by atoms with Crippen LogP contribution in [0, 0.1) is 5.41 Å². The lowest BCUT2D eigenvalue weighted by atomic mass is 9.89. The van der Waals surface area contributed by atoms with E-state index < -0.39 is 0 Å². The lowest BCUT2D eigenvalue weighted by molar-refractivity contribution is 0.0241. The summed E-state index contributed by atoms with van der Waals surface area (Å²) in [5.74, 6) is 1.56. The van der Waals surface area contributed by atoms with Crippen molar-refractivity contribution in [3.8, 4) is 5.75 Å². The first-order valence-corrected chi connectivity index (χ1v) is 9.20. The number of nitrogens with zero attached hydrogens (tertiary/aromatic N) is 1. The third kappa shape index (κ3) is 8.54. The van der Waals surface area contributed by atoms with E-state index in [4.69, 9.17) is 14.2 Å². The molecule has 1 aromatic rings. The van der Waals surface area contributed by atoms with Crippen molar-refractivity contribution in [3.05, 3.63) is 24.3 Å². The monoisotopic (exact) mass is 365 g/mol. The van der Waals surface area contributed by atoms with Crippen LogP contribution in [0.2, 0.25) is 0 Å². The van der Waals surface area contributed by atoms with Gasteiger partial charge in [-0.1, -0.05) is 26.8 Å². The van der Waals surface area contributed by atoms with Crippen LogP contribution in [-0.4, -0.2) is 52.6 Å². The topological polar surface area (TPSA) is 64.1 Å². The Labute approximate surface area is 158 Å². The minimum absolute atomic E-state index is 0.0333. The van der Waals surface area contributed by atoms with Gasteiger partial charge in [0.15, 0.2) is 5.96 Å². The number of hydrogen-bond acceptors (Lipinski definition) is 4. The lowest BCUT2D eigenvalue weighted by Crippen LogP contribution is -2.35. The van der Waals surface area contributed by atoms with Gasteiger partial charge in [0.25, 0.3) is 0 Å². The third-order valence-corrected chi connectivity index (χ3v) is 3.87. The Morgan fingerprint density at radius 3 is 2.58 bits per heavy atom. The van der Waals surface area contributed by atoms with Crippen molar-refractivity contribution in [2.45, 2.75) is 40.2 Å². The van der Waals surface area contributed by atoms with Crippen LogP contribution in [0.4, 0.5) is 5.69 Å². The van der Waals surface area contributed by atoms with E-state index in [-0.39, 0.29) is 11.5 Å². The maximum Gasteiger partial charge on any atom is 0.195 e. The molecule has 0 bridgehead atoms. The van der Waals surface area contributed by atoms with Gasteiger partial charge in [-0.3, -0.25) is 4.99 Å². The minimum Gasteiger partial charge on any atom is -0.493 e. The molecule has 1 aromatic carbocycles. The molecule has 148 valence electrons. The van der Waals surface area contributed by atoms with E-state index in [9.17, 15) is 0 Å². The summed E-state index contributed by atoms with van der Waals surface area (Å²) >= 11 is 0. The first kappa shape index (κ1) is 22.3. The molecule has 0 saturated heterocycles. The van der Waals surface area contributed by atoms with E-state index in [0.29, 0.717) is 19.8 Å². The molecule has 2 N–H and O–H groups in total. The number of guanidine groups is 1. The molecule has 0 aliphatic carbocycles. The zero-order chi connectivity index (χ0) is 19.4. The Morgan fingerprint density at radius 1 is 1.19 bits per heavy atom. The average Bonchev–Trinajstić information content (AvgIpc) is 2.58. The molecule has 0 amide bonds. The van der Waals surface area contributed by atoms with Crippen molar-refractivity contribution in [1.82, 2.24) is 5.32 Å². The second kappa shape index (κ2) is 11.8. The second-order valence-electron chi connectivity index (χ2n) is 7.16. The molecular formula is C20H35N3O3. The highest BCUT2D eigenvalue weighted by atomic mass is 16.5. The molecular weight excluding hydrogens is 330 g/mol. The number of benzene rings is 1. The third-order valence-electron chi connectivity index (χ3n) is 3.87. The van der Waals surface area contributed by atoms with Gasteiger partial charge >= 0.3 is 0 Å². The van der Waals surface area contributed by atoms with Gasteiger partial charge in [-0.05, 0) is 24.5 Å². The highest BCUT2D eigenvalue weighted by molar-refractivity contribution is 5.93. The molecule has 0 radical (unpaired) electrons. The maximum absolute atomic E-state index is 5.75. The number of methoxy groups -OCH3 is 2. The van der Waals surface area contributed by atoms with E-state index in [1.165, 1.54) is 0 Å². The zero-order valence-electron chi connectivity index (χ0n) is 17.1. The van der Waals surface area contributed by atoms with Crippen LogP contribution in [0.1, 0.15) is 34.1 Å². The maximum atomic E-state index is 5.75. The molecule has 0 aromatic heterocycles. The van der Waals surface area contributed by atoms with E-state index in [0.717, 1.165) is 30.4 Å². The van der Waals surface area contributed by atoms with Gasteiger partial charge in [-0.25, -0.2) is 0 Å². The molecule has 0 aliphatic heterocycles. The fourth-order valence-corrected chi connectivity index (χ4v) is 2.38. The van der Waals surface area contributed by atoms with E-state index >= 15 is 0 Å². The summed E-state index contributed by atoms with van der Waals surface area (Å²) in [6.45, 7) is 11.2. The number of aliphatic imine (C=N–C) groups is 1. The van der Waals surface area contributed by atoms with Gasteiger partial charge < -0.3 is 24.8 Å². The summed E-state index contributed by atoms with van der Waals surface area (Å²) in [7, 11) is 3.43. The van der Waals surface area contributed by atoms with Crippen LogP contribution in [0.5, 0.6) is 5.75 Å². The van der Waals surface area contributed by atoms with Crippen molar-refractivity contribution < 1.29 is 14.2 Å². The molecule has 0 aliphatic rings. The van der Waals surface area contributed by atoms with Crippen LogP contribution < -0.4 is 15.4 Å². The Bertz CT molecular complexity index is 541. The van der Waals surface area contributed by atoms with Gasteiger partial charge in [-0.15, -0.1) is 0 Å². The smallest absolute Gasteiger partial charge is 0.195 e. The predicted octanol–water partition coefficient (Wildman–Crippen LogP) is 3.54. The molecule has 0 spiro atoms. The highest BCUT2D eigenvalue weighted by Crippen LogP contribution is 2.22. The fraction of sp³-hybridized carbons (Fsp3) is 0.650. The van der Waals surface area contributed by atoms with Gasteiger partial charge in [-0.2, -0.15) is 0 Å². The normalized spacial score (nSPS) is 13.4. The summed E-state index contributed by atoms with van der Waals surface area (Å²) in [6, 6.07) is 7.87. The summed E-state index contributed by atoms with van der Waals surface area (Å²) in [6.07, 6.45) is 0.914. The van der Waals surface area contributed by atoms with Crippen molar-refractivity contribution in [2.75, 3.05) is 45.8 Å². The number of hydrogen-bond donors (Lipinski definition) is 2. The molecule has 6 heteroatoms. The van der Waals surface area contributed by atoms with Crippen LogP contribution in [0.3, 0.4) is 0 Å². The number of anilines is 1. The summed E-state index contributed by atoms with van der Waals surface area (Å²) < 4.78 is 16.4. The molecule has 0 saturated carbocycles. The molecule has 26 heavy (non-hydrogen) atoms. The highest BCUT2D eigenvalue weighted by Gasteiger charge is 2.24. The SMILES string of the molecule is CCNC(=NCC(OC)C(C)(C)C)Nc1cccc(OCCCOC)c1. The van der Waals surface area contributed by atoms with Crippen molar-refractivity contribution >= 4 is 11.6 Å². The summed E-state index contributed by atoms with van der Waals surface area (Å²) in [5, 5.41) is 6.60. The predicted molar refractivity (Wildman–Crippen MR) is 108 cm³/mol. The van der Waals surface area contributed by atoms with E-state index in [1.54, 1.807) is 14.2 Å². The van der Waals surface area contributed by atoms with Crippen molar-refractivity contribution in [1.29, 1.82) is 0 Å². The second-order valence-corrected chi connectivity index (χ2v) is 7.16. The molecule has 6 nitrogen and oxygen atoms in total. The van der Waals surface area contributed by atoms with Crippen LogP contribution >= 0.6 is 0 Å². The fourth-order valence-electron chi connectivity index (χ4n) is 2.38. The molecule has 0 heterocycles. The lowest BCUT2D eigenvalue weighted by Gasteiger charge is -2.28. The molecule has 1 rings (SSSR count). The van der Waals surface area contributed by atoms with E-state index in [1.807, 2.05) is 31.2 Å². The molecule has 0 fully saturated rings. The van der Waals surface area contributed by atoms with Crippen molar-refractivity contribution in [2.24, 2.45) is 10.4 Å². The number of rotatable bonds is 10. The summed E-state index contributed by atoms with van der Waals surface area (Å²) in [4.78, 5) is 4.67. The van der Waals surface area contributed by atoms with E-state index in [2.05, 4.69) is 36.4 Å². The first-order valence-electron chi connectivity index (χ1n) is 9.20. The molecule has 1 atom stereocenters.